The summed E-state index contributed by atoms with van der Waals surface area (Å²) in [6, 6.07) is 3.71. The van der Waals surface area contributed by atoms with Gasteiger partial charge in [-0.2, -0.15) is 0 Å². The van der Waals surface area contributed by atoms with Crippen molar-refractivity contribution in [2.45, 2.75) is 38.3 Å². The van der Waals surface area contributed by atoms with Gasteiger partial charge in [0.15, 0.2) is 0 Å². The van der Waals surface area contributed by atoms with Gasteiger partial charge in [0.1, 0.15) is 5.76 Å². The monoisotopic (exact) mass is 308 g/mol. The number of nitrogens with zero attached hydrogens (tertiary/aromatic N) is 1. The number of hydrogen-bond donors (Lipinski definition) is 3. The zero-order valence-corrected chi connectivity index (χ0v) is 12.9. The summed E-state index contributed by atoms with van der Waals surface area (Å²) >= 11 is 0. The third-order valence-corrected chi connectivity index (χ3v) is 3.77. The highest BCUT2D eigenvalue weighted by atomic mass is 16.3. The molecular weight excluding hydrogens is 284 g/mol. The van der Waals surface area contributed by atoms with Gasteiger partial charge in [-0.25, -0.2) is 4.79 Å². The highest BCUT2D eigenvalue weighted by molar-refractivity contribution is 5.76. The van der Waals surface area contributed by atoms with E-state index in [0.717, 1.165) is 31.7 Å². The van der Waals surface area contributed by atoms with E-state index in [4.69, 9.17) is 10.2 Å². The van der Waals surface area contributed by atoms with E-state index in [1.165, 1.54) is 0 Å². The first-order chi connectivity index (χ1) is 10.5. The van der Waals surface area contributed by atoms with Crippen LogP contribution in [0.4, 0.5) is 4.79 Å². The van der Waals surface area contributed by atoms with Crippen molar-refractivity contribution in [2.24, 2.45) is 5.73 Å². The van der Waals surface area contributed by atoms with Crippen molar-refractivity contribution in [3.8, 4) is 0 Å². The summed E-state index contributed by atoms with van der Waals surface area (Å²) in [4.78, 5) is 24.9. The molecule has 7 nitrogen and oxygen atoms in total. The molecule has 1 fully saturated rings. The smallest absolute Gasteiger partial charge is 0.315 e. The molecular formula is C15H24N4O3. The van der Waals surface area contributed by atoms with Crippen LogP contribution in [0.25, 0.3) is 0 Å². The minimum Gasteiger partial charge on any atom is -0.469 e. The lowest BCUT2D eigenvalue weighted by molar-refractivity contribution is -0.119. The minimum absolute atomic E-state index is 0.00102. The Labute approximate surface area is 130 Å². The van der Waals surface area contributed by atoms with Crippen LogP contribution in [0.3, 0.4) is 0 Å². The van der Waals surface area contributed by atoms with Crippen LogP contribution in [0.1, 0.15) is 25.5 Å². The maximum Gasteiger partial charge on any atom is 0.315 e. The number of hydrogen-bond acceptors (Lipinski definition) is 4. The molecule has 3 amide bonds. The quantitative estimate of drug-likeness (QED) is 0.710. The highest BCUT2D eigenvalue weighted by Crippen LogP contribution is 2.10. The second-order valence-electron chi connectivity index (χ2n) is 5.82. The normalized spacial score (nSPS) is 17.9. The second kappa shape index (κ2) is 7.84. The molecule has 4 N–H and O–H groups in total. The zero-order chi connectivity index (χ0) is 15.9. The van der Waals surface area contributed by atoms with Gasteiger partial charge < -0.3 is 20.8 Å². The molecule has 22 heavy (non-hydrogen) atoms. The second-order valence-corrected chi connectivity index (χ2v) is 5.82. The van der Waals surface area contributed by atoms with Gasteiger partial charge in [0.05, 0.1) is 12.8 Å². The fraction of sp³-hybridized carbons (Fsp3) is 0.600. The van der Waals surface area contributed by atoms with Crippen molar-refractivity contribution in [2.75, 3.05) is 19.6 Å². The number of urea groups is 1. The van der Waals surface area contributed by atoms with Crippen LogP contribution >= 0.6 is 0 Å². The Balaban J connectivity index is 1.66. The summed E-state index contributed by atoms with van der Waals surface area (Å²) in [5, 5.41) is 5.89. The van der Waals surface area contributed by atoms with Gasteiger partial charge in [0.2, 0.25) is 5.91 Å². The van der Waals surface area contributed by atoms with Crippen molar-refractivity contribution >= 4 is 11.9 Å². The molecule has 122 valence electrons. The minimum atomic E-state index is -0.309. The largest absolute Gasteiger partial charge is 0.469 e. The summed E-state index contributed by atoms with van der Waals surface area (Å²) in [5.74, 6) is 0.545. The molecule has 1 aromatic rings. The fourth-order valence-corrected chi connectivity index (χ4v) is 2.69. The van der Waals surface area contributed by atoms with Gasteiger partial charge in [-0.1, -0.05) is 0 Å². The standard InChI is InChI=1S/C15H24N4O3/c1-11(9-13-3-2-8-22-13)17-15(21)18-12-4-6-19(7-5-12)10-14(16)20/h2-3,8,11-12H,4-7,9-10H2,1H3,(H2,16,20)(H2,17,18,21)/t11-/m0/s1. The molecule has 1 aliphatic heterocycles. The highest BCUT2D eigenvalue weighted by Gasteiger charge is 2.21. The van der Waals surface area contributed by atoms with Gasteiger partial charge >= 0.3 is 6.03 Å². The van der Waals surface area contributed by atoms with Crippen LogP contribution in [-0.4, -0.2) is 48.6 Å². The topological polar surface area (TPSA) is 101 Å². The molecule has 1 atom stereocenters. The molecule has 0 radical (unpaired) electrons. The summed E-state index contributed by atoms with van der Waals surface area (Å²) in [7, 11) is 0. The lowest BCUT2D eigenvalue weighted by Gasteiger charge is -2.31. The summed E-state index contributed by atoms with van der Waals surface area (Å²) in [6.07, 6.45) is 3.94. The summed E-state index contributed by atoms with van der Waals surface area (Å²) < 4.78 is 5.26. The summed E-state index contributed by atoms with van der Waals surface area (Å²) in [5.41, 5.74) is 5.18. The van der Waals surface area contributed by atoms with Gasteiger partial charge in [0.25, 0.3) is 0 Å². The number of nitrogens with one attached hydrogen (secondary N) is 2. The lowest BCUT2D eigenvalue weighted by Crippen LogP contribution is -2.50. The molecule has 2 rings (SSSR count). The predicted molar refractivity (Wildman–Crippen MR) is 82.2 cm³/mol. The molecule has 7 heteroatoms. The molecule has 0 aliphatic carbocycles. The van der Waals surface area contributed by atoms with Crippen LogP contribution in [0.5, 0.6) is 0 Å². The first-order valence-corrected chi connectivity index (χ1v) is 7.63. The first kappa shape index (κ1) is 16.4. The number of carbonyl (C=O) groups excluding carboxylic acids is 2. The Morgan fingerprint density at radius 2 is 2.18 bits per heavy atom. The van der Waals surface area contributed by atoms with E-state index in [1.807, 2.05) is 24.0 Å². The molecule has 0 unspecified atom stereocenters. The number of likely N-dealkylation sites (tertiary alicyclic amines) is 1. The fourth-order valence-electron chi connectivity index (χ4n) is 2.69. The van der Waals surface area contributed by atoms with E-state index in [-0.39, 0.29) is 24.0 Å². The molecule has 1 aliphatic rings. The molecule has 1 saturated heterocycles. The SMILES string of the molecule is C[C@@H](Cc1ccco1)NC(=O)NC1CCN(CC(N)=O)CC1. The number of amides is 3. The van der Waals surface area contributed by atoms with Crippen LogP contribution in [0, 0.1) is 0 Å². The number of primary amides is 1. The average molecular weight is 308 g/mol. The Kier molecular flexibility index (Phi) is 5.83. The Hall–Kier alpha value is -2.02. The number of furan rings is 1. The Bertz CT molecular complexity index is 481. The van der Waals surface area contributed by atoms with Crippen LogP contribution in [0.15, 0.2) is 22.8 Å². The van der Waals surface area contributed by atoms with Crippen molar-refractivity contribution in [3.63, 3.8) is 0 Å². The van der Waals surface area contributed by atoms with E-state index in [1.54, 1.807) is 6.26 Å². The van der Waals surface area contributed by atoms with Crippen molar-refractivity contribution < 1.29 is 14.0 Å². The van der Waals surface area contributed by atoms with Crippen molar-refractivity contribution in [1.29, 1.82) is 0 Å². The van der Waals surface area contributed by atoms with E-state index in [2.05, 4.69) is 10.6 Å². The van der Waals surface area contributed by atoms with Crippen molar-refractivity contribution in [1.82, 2.24) is 15.5 Å². The first-order valence-electron chi connectivity index (χ1n) is 7.63. The van der Waals surface area contributed by atoms with Gasteiger partial charge in [-0.05, 0) is 31.9 Å². The molecule has 0 aromatic carbocycles. The van der Waals surface area contributed by atoms with E-state index < -0.39 is 0 Å². The van der Waals surface area contributed by atoms with Crippen LogP contribution in [-0.2, 0) is 11.2 Å². The number of piperidine rings is 1. The van der Waals surface area contributed by atoms with Gasteiger partial charge in [-0.15, -0.1) is 0 Å². The molecule has 1 aromatic heterocycles. The Morgan fingerprint density at radius 1 is 1.45 bits per heavy atom. The van der Waals surface area contributed by atoms with Crippen LogP contribution < -0.4 is 16.4 Å². The molecule has 0 bridgehead atoms. The molecule has 2 heterocycles. The van der Waals surface area contributed by atoms with E-state index in [0.29, 0.717) is 13.0 Å². The van der Waals surface area contributed by atoms with E-state index >= 15 is 0 Å². The Morgan fingerprint density at radius 3 is 2.77 bits per heavy atom. The molecule has 0 spiro atoms. The lowest BCUT2D eigenvalue weighted by atomic mass is 10.1. The average Bonchev–Trinajstić information content (AvgIpc) is 2.93. The predicted octanol–water partition coefficient (Wildman–Crippen LogP) is 0.460. The third-order valence-electron chi connectivity index (χ3n) is 3.77. The van der Waals surface area contributed by atoms with Gasteiger partial charge in [0, 0.05) is 31.6 Å². The zero-order valence-electron chi connectivity index (χ0n) is 12.9. The number of rotatable bonds is 6. The van der Waals surface area contributed by atoms with Crippen LogP contribution in [0.2, 0.25) is 0 Å². The number of carbonyl (C=O) groups is 2. The van der Waals surface area contributed by atoms with Crippen molar-refractivity contribution in [3.05, 3.63) is 24.2 Å². The maximum absolute atomic E-state index is 12.0. The maximum atomic E-state index is 12.0. The summed E-state index contributed by atoms with van der Waals surface area (Å²) in [6.45, 7) is 3.78. The van der Waals surface area contributed by atoms with Gasteiger partial charge in [-0.3, -0.25) is 9.69 Å². The number of nitrogens with two attached hydrogens (primary N) is 1. The third kappa shape index (κ3) is 5.40. The van der Waals surface area contributed by atoms with E-state index in [9.17, 15) is 9.59 Å². The molecule has 0 saturated carbocycles.